The third-order valence-electron chi connectivity index (χ3n) is 5.72. The first-order valence-corrected chi connectivity index (χ1v) is 9.42. The molecule has 4 heterocycles. The molecule has 10 heteroatoms. The van der Waals surface area contributed by atoms with Crippen molar-refractivity contribution in [2.75, 3.05) is 13.3 Å². The van der Waals surface area contributed by atoms with E-state index in [-0.39, 0.29) is 42.6 Å². The fourth-order valence-electron chi connectivity index (χ4n) is 4.40. The third-order valence-corrected chi connectivity index (χ3v) is 5.72. The first kappa shape index (κ1) is 17.9. The number of nitrogens with two attached hydrogens (primary N) is 1. The number of rotatable bonds is 1. The second-order valence-corrected chi connectivity index (χ2v) is 7.48. The van der Waals surface area contributed by atoms with Crippen molar-refractivity contribution < 1.29 is 19.1 Å². The highest BCUT2D eigenvalue weighted by atomic mass is 16.5. The van der Waals surface area contributed by atoms with Gasteiger partial charge in [0, 0.05) is 13.3 Å². The molecule has 4 fully saturated rings. The number of urea groups is 1. The summed E-state index contributed by atoms with van der Waals surface area (Å²) in [5.74, 6) is -0.765. The van der Waals surface area contributed by atoms with Gasteiger partial charge in [-0.05, 0) is 32.6 Å². The number of piperidine rings is 1. The van der Waals surface area contributed by atoms with Crippen LogP contribution in [0.25, 0.3) is 0 Å². The van der Waals surface area contributed by atoms with Crippen LogP contribution in [0.15, 0.2) is 0 Å². The van der Waals surface area contributed by atoms with Crippen LogP contribution in [0.3, 0.4) is 0 Å². The molecule has 3 amide bonds. The molecule has 0 aromatic carbocycles. The Morgan fingerprint density at radius 2 is 2.08 bits per heavy atom. The molecule has 2 bridgehead atoms. The normalized spacial score (nSPS) is 43.7. The largest absolute Gasteiger partial charge is 0.369 e. The monoisotopic (exact) mass is 368 g/mol. The van der Waals surface area contributed by atoms with E-state index in [0.29, 0.717) is 26.1 Å². The number of nitrogens with zero attached hydrogens (tertiary/aromatic N) is 1. The van der Waals surface area contributed by atoms with Gasteiger partial charge >= 0.3 is 6.03 Å². The van der Waals surface area contributed by atoms with Gasteiger partial charge in [-0.1, -0.05) is 0 Å². The predicted molar refractivity (Wildman–Crippen MR) is 91.2 cm³/mol. The summed E-state index contributed by atoms with van der Waals surface area (Å²) in [6.07, 6.45) is 1.69. The van der Waals surface area contributed by atoms with Crippen molar-refractivity contribution in [2.24, 2.45) is 11.7 Å². The van der Waals surface area contributed by atoms with E-state index in [1.807, 2.05) is 6.92 Å². The quantitative estimate of drug-likeness (QED) is 0.382. The van der Waals surface area contributed by atoms with Gasteiger partial charge in [0.1, 0.15) is 24.7 Å². The molecular formula is C16H28N6O4. The van der Waals surface area contributed by atoms with Gasteiger partial charge in [-0.25, -0.2) is 4.79 Å². The number of hydrogen-bond donors (Lipinski definition) is 5. The lowest BCUT2D eigenvalue weighted by Gasteiger charge is -2.45. The maximum atomic E-state index is 12.7. The van der Waals surface area contributed by atoms with Gasteiger partial charge in [-0.2, -0.15) is 0 Å². The van der Waals surface area contributed by atoms with Crippen LogP contribution in [0.2, 0.25) is 0 Å². The van der Waals surface area contributed by atoms with Gasteiger partial charge in [-0.3, -0.25) is 25.6 Å². The molecule has 4 saturated heterocycles. The molecule has 146 valence electrons. The topological polar surface area (TPSA) is 130 Å². The van der Waals surface area contributed by atoms with Crippen LogP contribution in [0.1, 0.15) is 32.6 Å². The number of amides is 3. The number of fused-ring (bicyclic) bond motifs is 3. The highest BCUT2D eigenvalue weighted by molar-refractivity contribution is 5.79. The fraction of sp³-hybridized carbons (Fsp3) is 0.875. The average Bonchev–Trinajstić information content (AvgIpc) is 2.94. The summed E-state index contributed by atoms with van der Waals surface area (Å²) in [7, 11) is 0. The van der Waals surface area contributed by atoms with Crippen molar-refractivity contribution in [2.45, 2.75) is 69.5 Å². The Labute approximate surface area is 152 Å². The SMILES string of the molecule is C[C@@H]1CCCOC2NCNC3NC(=O)N(C4CCC(C(N)=O)C(N4)O1)C32. The van der Waals surface area contributed by atoms with Crippen molar-refractivity contribution in [3.63, 3.8) is 0 Å². The molecule has 0 radical (unpaired) electrons. The number of primary amides is 1. The van der Waals surface area contributed by atoms with Gasteiger partial charge in [-0.15, -0.1) is 0 Å². The standard InChI is InChI=1S/C16H28N6O4/c1-8-3-2-6-25-15-11-13(18-7-19-15)21-16(24)22(11)10-5-4-9(12(17)23)14(20-10)26-8/h8-11,13-15,18-20H,2-7H2,1H3,(H2,17,23)(H,21,24)/t8-,9?,10?,11?,13?,14?,15?/m1/s1. The Bertz CT molecular complexity index is 563. The molecule has 0 aromatic heterocycles. The molecule has 6 unspecified atom stereocenters. The molecule has 4 aliphatic heterocycles. The maximum absolute atomic E-state index is 12.7. The first-order chi connectivity index (χ1) is 12.5. The van der Waals surface area contributed by atoms with Gasteiger partial charge in [0.2, 0.25) is 5.91 Å². The predicted octanol–water partition coefficient (Wildman–Crippen LogP) is -1.46. The highest BCUT2D eigenvalue weighted by Gasteiger charge is 2.51. The second-order valence-electron chi connectivity index (χ2n) is 7.48. The minimum Gasteiger partial charge on any atom is -0.369 e. The Morgan fingerprint density at radius 1 is 1.23 bits per heavy atom. The fourth-order valence-corrected chi connectivity index (χ4v) is 4.40. The summed E-state index contributed by atoms with van der Waals surface area (Å²) in [5.41, 5.74) is 5.58. The van der Waals surface area contributed by atoms with Crippen LogP contribution >= 0.6 is 0 Å². The average molecular weight is 368 g/mol. The molecule has 0 spiro atoms. The second kappa shape index (κ2) is 7.28. The van der Waals surface area contributed by atoms with Crippen LogP contribution in [0.5, 0.6) is 0 Å². The van der Waals surface area contributed by atoms with Crippen LogP contribution in [0, 0.1) is 5.92 Å². The minimum absolute atomic E-state index is 0.0342. The molecule has 7 atom stereocenters. The Kier molecular flexibility index (Phi) is 5.02. The van der Waals surface area contributed by atoms with Gasteiger partial charge in [0.25, 0.3) is 0 Å². The Morgan fingerprint density at radius 3 is 2.88 bits per heavy atom. The summed E-state index contributed by atoms with van der Waals surface area (Å²) in [4.78, 5) is 26.3. The van der Waals surface area contributed by atoms with Gasteiger partial charge in [0.15, 0.2) is 0 Å². The van der Waals surface area contributed by atoms with Crippen molar-refractivity contribution in [1.29, 1.82) is 0 Å². The molecule has 0 saturated carbocycles. The van der Waals surface area contributed by atoms with Crippen LogP contribution < -0.4 is 27.0 Å². The summed E-state index contributed by atoms with van der Waals surface area (Å²) in [6.45, 7) is 3.14. The summed E-state index contributed by atoms with van der Waals surface area (Å²) >= 11 is 0. The number of nitrogens with one attached hydrogen (secondary N) is 4. The number of carbonyl (C=O) groups excluding carboxylic acids is 2. The summed E-state index contributed by atoms with van der Waals surface area (Å²) in [5, 5.41) is 12.9. The number of ether oxygens (including phenoxy) is 2. The van der Waals surface area contributed by atoms with E-state index in [4.69, 9.17) is 15.2 Å². The molecular weight excluding hydrogens is 340 g/mol. The van der Waals surface area contributed by atoms with E-state index in [9.17, 15) is 9.59 Å². The zero-order valence-corrected chi connectivity index (χ0v) is 14.9. The van der Waals surface area contributed by atoms with Gasteiger partial charge in [0.05, 0.1) is 18.2 Å². The molecule has 4 rings (SSSR count). The molecule has 6 N–H and O–H groups in total. The van der Waals surface area contributed by atoms with Crippen molar-refractivity contribution in [3.8, 4) is 0 Å². The van der Waals surface area contributed by atoms with Crippen LogP contribution in [0.4, 0.5) is 4.79 Å². The zero-order valence-electron chi connectivity index (χ0n) is 14.9. The summed E-state index contributed by atoms with van der Waals surface area (Å²) in [6, 6.07) is -0.333. The smallest absolute Gasteiger partial charge is 0.320 e. The zero-order chi connectivity index (χ0) is 18.3. The highest BCUT2D eigenvalue weighted by Crippen LogP contribution is 2.30. The summed E-state index contributed by atoms with van der Waals surface area (Å²) < 4.78 is 12.1. The van der Waals surface area contributed by atoms with Crippen molar-refractivity contribution in [1.82, 2.24) is 26.2 Å². The Balaban J connectivity index is 1.61. The van der Waals surface area contributed by atoms with E-state index in [1.54, 1.807) is 4.90 Å². The first-order valence-electron chi connectivity index (χ1n) is 9.42. The maximum Gasteiger partial charge on any atom is 0.320 e. The molecule has 26 heavy (non-hydrogen) atoms. The van der Waals surface area contributed by atoms with E-state index >= 15 is 0 Å². The molecule has 4 aliphatic rings. The van der Waals surface area contributed by atoms with Gasteiger partial charge < -0.3 is 20.5 Å². The number of carbonyl (C=O) groups is 2. The van der Waals surface area contributed by atoms with E-state index in [0.717, 1.165) is 12.8 Å². The van der Waals surface area contributed by atoms with E-state index in [1.165, 1.54) is 0 Å². The van der Waals surface area contributed by atoms with Crippen molar-refractivity contribution in [3.05, 3.63) is 0 Å². The van der Waals surface area contributed by atoms with Crippen LogP contribution in [-0.4, -0.2) is 67.0 Å². The van der Waals surface area contributed by atoms with Crippen molar-refractivity contribution >= 4 is 11.9 Å². The van der Waals surface area contributed by atoms with E-state index < -0.39 is 12.1 Å². The Hall–Kier alpha value is -1.46. The third kappa shape index (κ3) is 3.27. The lowest BCUT2D eigenvalue weighted by molar-refractivity contribution is -0.142. The molecule has 0 aliphatic carbocycles. The van der Waals surface area contributed by atoms with E-state index in [2.05, 4.69) is 21.3 Å². The lowest BCUT2D eigenvalue weighted by atomic mass is 9.93. The van der Waals surface area contributed by atoms with Crippen LogP contribution in [-0.2, 0) is 14.3 Å². The molecule has 10 nitrogen and oxygen atoms in total. The molecule has 0 aromatic rings. The minimum atomic E-state index is -0.489. The lowest BCUT2D eigenvalue weighted by Crippen LogP contribution is -2.68. The number of hydrogen-bond acceptors (Lipinski definition) is 7.